The number of carbonyl (C=O) groups excluding carboxylic acids is 2. The van der Waals surface area contributed by atoms with Gasteiger partial charge in [0.25, 0.3) is 5.91 Å². The highest BCUT2D eigenvalue weighted by Gasteiger charge is 2.29. The molecule has 0 spiro atoms. The second kappa shape index (κ2) is 9.91. The summed E-state index contributed by atoms with van der Waals surface area (Å²) in [6, 6.07) is 13.4. The first-order chi connectivity index (χ1) is 16.4. The molecular formula is C25H29N7O2. The fourth-order valence-corrected chi connectivity index (χ4v) is 4.70. The van der Waals surface area contributed by atoms with Crippen molar-refractivity contribution in [2.24, 2.45) is 5.73 Å². The SMILES string of the molecule is CN(C)c1nc(C#N)nc2c1cc(C(=O)N(CC(N)=O)Cc1ccccc1)n2C1CCCCC1. The lowest BCUT2D eigenvalue weighted by atomic mass is 9.95. The Bertz CT molecular complexity index is 1240. The Labute approximate surface area is 198 Å². The minimum absolute atomic E-state index is 0.0589. The van der Waals surface area contributed by atoms with Crippen molar-refractivity contribution in [2.75, 3.05) is 25.5 Å². The molecule has 0 saturated heterocycles. The summed E-state index contributed by atoms with van der Waals surface area (Å²) in [5.41, 5.74) is 7.43. The van der Waals surface area contributed by atoms with E-state index in [2.05, 4.69) is 9.97 Å². The van der Waals surface area contributed by atoms with Crippen LogP contribution < -0.4 is 10.6 Å². The number of hydrogen-bond donors (Lipinski definition) is 1. The van der Waals surface area contributed by atoms with Crippen LogP contribution in [0.2, 0.25) is 0 Å². The highest BCUT2D eigenvalue weighted by atomic mass is 16.2. The van der Waals surface area contributed by atoms with E-state index in [1.807, 2.05) is 60.0 Å². The molecule has 3 aromatic rings. The number of amides is 2. The zero-order valence-electron chi connectivity index (χ0n) is 19.6. The molecule has 0 atom stereocenters. The van der Waals surface area contributed by atoms with Crippen molar-refractivity contribution in [3.8, 4) is 6.07 Å². The minimum Gasteiger partial charge on any atom is -0.368 e. The van der Waals surface area contributed by atoms with E-state index in [0.717, 1.165) is 37.7 Å². The Hall–Kier alpha value is -3.93. The van der Waals surface area contributed by atoms with E-state index in [4.69, 9.17) is 5.73 Å². The molecule has 9 heteroatoms. The summed E-state index contributed by atoms with van der Waals surface area (Å²) < 4.78 is 1.96. The summed E-state index contributed by atoms with van der Waals surface area (Å²) in [4.78, 5) is 38.0. The molecule has 0 unspecified atom stereocenters. The van der Waals surface area contributed by atoms with Crippen LogP contribution in [-0.2, 0) is 11.3 Å². The molecule has 0 aliphatic heterocycles. The molecule has 0 bridgehead atoms. The molecule has 1 saturated carbocycles. The summed E-state index contributed by atoms with van der Waals surface area (Å²) >= 11 is 0. The van der Waals surface area contributed by atoms with E-state index in [0.29, 0.717) is 22.5 Å². The van der Waals surface area contributed by atoms with Gasteiger partial charge >= 0.3 is 0 Å². The maximum absolute atomic E-state index is 13.9. The van der Waals surface area contributed by atoms with Gasteiger partial charge in [0.1, 0.15) is 29.8 Å². The van der Waals surface area contributed by atoms with Crippen molar-refractivity contribution in [2.45, 2.75) is 44.7 Å². The van der Waals surface area contributed by atoms with Gasteiger partial charge in [0.15, 0.2) is 0 Å². The van der Waals surface area contributed by atoms with Crippen LogP contribution in [0.1, 0.15) is 60.0 Å². The van der Waals surface area contributed by atoms with Gasteiger partial charge in [0.2, 0.25) is 11.7 Å². The van der Waals surface area contributed by atoms with E-state index >= 15 is 0 Å². The standard InChI is InChI=1S/C25H29N7O2/c1-30(2)23-19-13-20(25(34)31(16-21(27)33)15-17-9-5-3-6-10-17)32(18-11-7-4-8-12-18)24(19)29-22(14-26)28-23/h3,5-6,9-10,13,18H,4,7-8,11-12,15-16H2,1-2H3,(H2,27,33). The molecular weight excluding hydrogens is 430 g/mol. The predicted molar refractivity (Wildman–Crippen MR) is 129 cm³/mol. The molecule has 1 fully saturated rings. The summed E-state index contributed by atoms with van der Waals surface area (Å²) in [7, 11) is 3.69. The largest absolute Gasteiger partial charge is 0.368 e. The third-order valence-corrected chi connectivity index (χ3v) is 6.21. The number of anilines is 1. The summed E-state index contributed by atoms with van der Waals surface area (Å²) in [5, 5.41) is 10.2. The molecule has 1 aromatic carbocycles. The normalized spacial score (nSPS) is 14.0. The van der Waals surface area contributed by atoms with Gasteiger partial charge in [-0.1, -0.05) is 49.6 Å². The van der Waals surface area contributed by atoms with Gasteiger partial charge in [0, 0.05) is 26.7 Å². The fraction of sp³-hybridized carbons (Fsp3) is 0.400. The monoisotopic (exact) mass is 459 g/mol. The van der Waals surface area contributed by atoms with Crippen molar-refractivity contribution >= 4 is 28.7 Å². The quantitative estimate of drug-likeness (QED) is 0.580. The fourth-order valence-electron chi connectivity index (χ4n) is 4.70. The Balaban J connectivity index is 1.88. The number of benzene rings is 1. The van der Waals surface area contributed by atoms with E-state index in [1.165, 1.54) is 4.90 Å². The average molecular weight is 460 g/mol. The van der Waals surface area contributed by atoms with Gasteiger partial charge in [-0.25, -0.2) is 9.97 Å². The molecule has 9 nitrogen and oxygen atoms in total. The maximum Gasteiger partial charge on any atom is 0.271 e. The van der Waals surface area contributed by atoms with Crippen molar-refractivity contribution in [3.05, 3.63) is 53.5 Å². The summed E-state index contributed by atoms with van der Waals surface area (Å²) in [5.74, 6) is -0.238. The maximum atomic E-state index is 13.9. The van der Waals surface area contributed by atoms with Crippen LogP contribution in [0.3, 0.4) is 0 Å². The summed E-state index contributed by atoms with van der Waals surface area (Å²) in [6.07, 6.45) is 5.11. The predicted octanol–water partition coefficient (Wildman–Crippen LogP) is 3.00. The van der Waals surface area contributed by atoms with Crippen molar-refractivity contribution < 1.29 is 9.59 Å². The third kappa shape index (κ3) is 4.71. The molecule has 2 N–H and O–H groups in total. The van der Waals surface area contributed by atoms with Crippen molar-refractivity contribution in [1.82, 2.24) is 19.4 Å². The number of hydrogen-bond acceptors (Lipinski definition) is 6. The average Bonchev–Trinajstić information content (AvgIpc) is 3.22. The summed E-state index contributed by atoms with van der Waals surface area (Å²) in [6.45, 7) is 0.0556. The topological polar surface area (TPSA) is 121 Å². The molecule has 2 aromatic heterocycles. The number of nitrogens with two attached hydrogens (primary N) is 1. The molecule has 2 heterocycles. The number of aromatic nitrogens is 3. The number of fused-ring (bicyclic) bond motifs is 1. The highest BCUT2D eigenvalue weighted by molar-refractivity contribution is 6.02. The number of nitrogens with zero attached hydrogens (tertiary/aromatic N) is 6. The Morgan fingerprint density at radius 2 is 1.85 bits per heavy atom. The van der Waals surface area contributed by atoms with Crippen molar-refractivity contribution in [3.63, 3.8) is 0 Å². The highest BCUT2D eigenvalue weighted by Crippen LogP contribution is 2.36. The van der Waals surface area contributed by atoms with Gasteiger partial charge < -0.3 is 20.1 Å². The first kappa shape index (κ1) is 23.2. The lowest BCUT2D eigenvalue weighted by molar-refractivity contribution is -0.118. The number of rotatable bonds is 7. The second-order valence-corrected chi connectivity index (χ2v) is 8.92. The van der Waals surface area contributed by atoms with E-state index in [9.17, 15) is 14.9 Å². The van der Waals surface area contributed by atoms with Crippen molar-refractivity contribution in [1.29, 1.82) is 5.26 Å². The Morgan fingerprint density at radius 1 is 1.15 bits per heavy atom. The third-order valence-electron chi connectivity index (χ3n) is 6.21. The first-order valence-corrected chi connectivity index (χ1v) is 11.5. The Morgan fingerprint density at radius 3 is 2.47 bits per heavy atom. The van der Waals surface area contributed by atoms with Crippen LogP contribution in [0.5, 0.6) is 0 Å². The van der Waals surface area contributed by atoms with Crippen LogP contribution >= 0.6 is 0 Å². The van der Waals surface area contributed by atoms with E-state index in [1.54, 1.807) is 6.07 Å². The minimum atomic E-state index is -0.579. The smallest absolute Gasteiger partial charge is 0.271 e. The number of carbonyl (C=O) groups is 2. The lowest BCUT2D eigenvalue weighted by Gasteiger charge is -2.28. The first-order valence-electron chi connectivity index (χ1n) is 11.5. The van der Waals surface area contributed by atoms with Crippen LogP contribution in [0.4, 0.5) is 5.82 Å². The second-order valence-electron chi connectivity index (χ2n) is 8.92. The van der Waals surface area contributed by atoms with E-state index < -0.39 is 5.91 Å². The molecule has 2 amide bonds. The molecule has 1 aliphatic rings. The lowest BCUT2D eigenvalue weighted by Crippen LogP contribution is -2.39. The molecule has 4 rings (SSSR count). The zero-order chi connectivity index (χ0) is 24.2. The van der Waals surface area contributed by atoms with Crippen LogP contribution in [0, 0.1) is 11.3 Å². The van der Waals surface area contributed by atoms with Gasteiger partial charge in [0.05, 0.1) is 5.39 Å². The molecule has 176 valence electrons. The van der Waals surface area contributed by atoms with Gasteiger partial charge in [-0.3, -0.25) is 9.59 Å². The number of nitriles is 1. The van der Waals surface area contributed by atoms with Gasteiger partial charge in [-0.15, -0.1) is 0 Å². The number of primary amides is 1. The van der Waals surface area contributed by atoms with E-state index in [-0.39, 0.29) is 30.9 Å². The van der Waals surface area contributed by atoms with Crippen LogP contribution in [-0.4, -0.2) is 51.9 Å². The molecule has 34 heavy (non-hydrogen) atoms. The Kier molecular flexibility index (Phi) is 6.77. The van der Waals surface area contributed by atoms with Crippen LogP contribution in [0.25, 0.3) is 11.0 Å². The zero-order valence-corrected chi connectivity index (χ0v) is 19.6. The molecule has 1 aliphatic carbocycles. The van der Waals surface area contributed by atoms with Gasteiger partial charge in [-0.2, -0.15) is 5.26 Å². The van der Waals surface area contributed by atoms with Crippen LogP contribution in [0.15, 0.2) is 36.4 Å². The van der Waals surface area contributed by atoms with Gasteiger partial charge in [-0.05, 0) is 24.5 Å². The molecule has 0 radical (unpaired) electrons.